The van der Waals surface area contributed by atoms with Crippen molar-refractivity contribution in [1.82, 2.24) is 10.3 Å². The minimum Gasteiger partial charge on any atom is -0.317 e. The van der Waals surface area contributed by atoms with Gasteiger partial charge in [-0.05, 0) is 73.7 Å². The minimum atomic E-state index is 0.597. The molecule has 0 amide bonds. The van der Waals surface area contributed by atoms with Gasteiger partial charge in [0.2, 0.25) is 0 Å². The maximum atomic E-state index is 5.21. The summed E-state index contributed by atoms with van der Waals surface area (Å²) in [5.74, 6) is 1.39. The third-order valence-corrected chi connectivity index (χ3v) is 4.03. The van der Waals surface area contributed by atoms with E-state index in [9.17, 15) is 0 Å². The predicted molar refractivity (Wildman–Crippen MR) is 75.3 cm³/mol. The summed E-state index contributed by atoms with van der Waals surface area (Å²) < 4.78 is 0. The molecule has 1 aromatic rings. The van der Waals surface area contributed by atoms with Gasteiger partial charge in [0.25, 0.3) is 0 Å². The summed E-state index contributed by atoms with van der Waals surface area (Å²) in [4.78, 5) is 4.05. The molecular weight excluding hydrogens is 228 g/mol. The number of hydrogen-bond donors (Lipinski definition) is 1. The van der Waals surface area contributed by atoms with Crippen molar-refractivity contribution in [3.8, 4) is 0 Å². The van der Waals surface area contributed by atoms with Gasteiger partial charge in [-0.1, -0.05) is 12.2 Å². The van der Waals surface area contributed by atoms with Gasteiger partial charge < -0.3 is 5.32 Å². The Labute approximate surface area is 109 Å². The second kappa shape index (κ2) is 6.82. The summed E-state index contributed by atoms with van der Waals surface area (Å²) in [5, 5.41) is 5.41. The molecule has 2 rings (SSSR count). The molecule has 1 saturated heterocycles. The topological polar surface area (TPSA) is 24.9 Å². The van der Waals surface area contributed by atoms with Crippen LogP contribution in [0.5, 0.6) is 0 Å². The van der Waals surface area contributed by atoms with Gasteiger partial charge in [-0.15, -0.1) is 0 Å². The minimum absolute atomic E-state index is 0.597. The van der Waals surface area contributed by atoms with Crippen LogP contribution < -0.4 is 5.32 Å². The van der Waals surface area contributed by atoms with E-state index in [1.807, 2.05) is 17.8 Å². The number of aryl methyl sites for hydroxylation is 1. The Bertz CT molecular complexity index is 333. The van der Waals surface area contributed by atoms with Gasteiger partial charge in [0.1, 0.15) is 0 Å². The van der Waals surface area contributed by atoms with Crippen molar-refractivity contribution < 1.29 is 0 Å². The van der Waals surface area contributed by atoms with Crippen LogP contribution in [0.25, 0.3) is 0 Å². The van der Waals surface area contributed by atoms with Crippen LogP contribution in [0, 0.1) is 11.8 Å². The maximum absolute atomic E-state index is 5.21. The first-order chi connectivity index (χ1) is 8.40. The average Bonchev–Trinajstić information content (AvgIpc) is 2.42. The number of piperidine rings is 1. The average molecular weight is 248 g/mol. The van der Waals surface area contributed by atoms with Gasteiger partial charge in [-0.3, -0.25) is 4.98 Å². The monoisotopic (exact) mass is 248 g/mol. The quantitative estimate of drug-likeness (QED) is 0.811. The number of nitrogens with one attached hydrogen (secondary N) is 1. The Kier molecular flexibility index (Phi) is 5.08. The molecule has 0 aromatic carbocycles. The molecule has 92 valence electrons. The Morgan fingerprint density at radius 2 is 2.06 bits per heavy atom. The standard InChI is InChI=1S/C14H20N2S/c17-11-14(13-5-9-16-10-6-13)2-1-12-3-7-15-8-4-12/h3-4,7-8,11,13-14,16H,1-2,5-6,9-10H2. The molecule has 17 heavy (non-hydrogen) atoms. The van der Waals surface area contributed by atoms with Gasteiger partial charge in [-0.2, -0.15) is 0 Å². The molecule has 1 aliphatic heterocycles. The van der Waals surface area contributed by atoms with Crippen LogP contribution in [0.4, 0.5) is 0 Å². The highest BCUT2D eigenvalue weighted by Crippen LogP contribution is 2.24. The van der Waals surface area contributed by atoms with Crippen LogP contribution >= 0.6 is 12.2 Å². The molecule has 1 atom stereocenters. The maximum Gasteiger partial charge on any atom is 0.0270 e. The van der Waals surface area contributed by atoms with E-state index < -0.39 is 0 Å². The van der Waals surface area contributed by atoms with Crippen molar-refractivity contribution in [2.45, 2.75) is 25.7 Å². The van der Waals surface area contributed by atoms with Crippen LogP contribution in [0.1, 0.15) is 24.8 Å². The van der Waals surface area contributed by atoms with Gasteiger partial charge in [0.15, 0.2) is 0 Å². The van der Waals surface area contributed by atoms with Crippen LogP contribution in [0.2, 0.25) is 0 Å². The van der Waals surface area contributed by atoms with Crippen molar-refractivity contribution in [3.05, 3.63) is 30.1 Å². The van der Waals surface area contributed by atoms with E-state index in [0.29, 0.717) is 5.92 Å². The molecule has 3 heteroatoms. The predicted octanol–water partition coefficient (Wildman–Crippen LogP) is 2.63. The molecule has 1 aromatic heterocycles. The molecule has 1 fully saturated rings. The molecule has 0 bridgehead atoms. The van der Waals surface area contributed by atoms with E-state index in [4.69, 9.17) is 12.2 Å². The fourth-order valence-electron chi connectivity index (χ4n) is 2.57. The Balaban J connectivity index is 1.85. The van der Waals surface area contributed by atoms with E-state index in [-0.39, 0.29) is 0 Å². The SMILES string of the molecule is S=CC(CCc1ccncc1)C1CCNCC1. The fourth-order valence-corrected chi connectivity index (χ4v) is 2.93. The van der Waals surface area contributed by atoms with Gasteiger partial charge in [0.05, 0.1) is 0 Å². The van der Waals surface area contributed by atoms with Crippen molar-refractivity contribution in [2.24, 2.45) is 11.8 Å². The second-order valence-corrected chi connectivity index (χ2v) is 5.05. The molecule has 0 saturated carbocycles. The van der Waals surface area contributed by atoms with Crippen molar-refractivity contribution in [2.75, 3.05) is 13.1 Å². The van der Waals surface area contributed by atoms with E-state index in [2.05, 4.69) is 22.4 Å². The molecule has 2 nitrogen and oxygen atoms in total. The molecule has 1 N–H and O–H groups in total. The van der Waals surface area contributed by atoms with Gasteiger partial charge >= 0.3 is 0 Å². The first-order valence-corrected chi connectivity index (χ1v) is 6.92. The molecule has 1 unspecified atom stereocenters. The summed E-state index contributed by atoms with van der Waals surface area (Å²) in [7, 11) is 0. The number of nitrogens with zero attached hydrogens (tertiary/aromatic N) is 1. The summed E-state index contributed by atoms with van der Waals surface area (Å²) in [6, 6.07) is 4.20. The van der Waals surface area contributed by atoms with Crippen LogP contribution in [0.15, 0.2) is 24.5 Å². The van der Waals surface area contributed by atoms with E-state index in [1.165, 1.54) is 24.8 Å². The number of pyridine rings is 1. The first kappa shape index (κ1) is 12.7. The third kappa shape index (κ3) is 3.86. The summed E-state index contributed by atoms with van der Waals surface area (Å²) in [6.07, 6.45) is 8.57. The van der Waals surface area contributed by atoms with Gasteiger partial charge in [0, 0.05) is 12.4 Å². The number of rotatable bonds is 5. The van der Waals surface area contributed by atoms with E-state index >= 15 is 0 Å². The second-order valence-electron chi connectivity index (χ2n) is 4.78. The van der Waals surface area contributed by atoms with E-state index in [1.54, 1.807) is 0 Å². The van der Waals surface area contributed by atoms with Crippen LogP contribution in [-0.4, -0.2) is 23.4 Å². The molecule has 0 aliphatic carbocycles. The summed E-state index contributed by atoms with van der Waals surface area (Å²) in [5.41, 5.74) is 1.37. The third-order valence-electron chi connectivity index (χ3n) is 3.68. The molecule has 1 aliphatic rings. The number of aromatic nitrogens is 1. The van der Waals surface area contributed by atoms with Crippen LogP contribution in [-0.2, 0) is 6.42 Å². The lowest BCUT2D eigenvalue weighted by Gasteiger charge is -2.28. The zero-order valence-corrected chi connectivity index (χ0v) is 11.0. The molecule has 2 heterocycles. The highest BCUT2D eigenvalue weighted by Gasteiger charge is 2.21. The van der Waals surface area contributed by atoms with Crippen molar-refractivity contribution >= 4 is 17.6 Å². The first-order valence-electron chi connectivity index (χ1n) is 6.45. The Morgan fingerprint density at radius 1 is 1.35 bits per heavy atom. The van der Waals surface area contributed by atoms with E-state index in [0.717, 1.165) is 25.4 Å². The molecule has 0 spiro atoms. The number of thiocarbonyl (C=S) groups is 1. The van der Waals surface area contributed by atoms with Crippen LogP contribution in [0.3, 0.4) is 0 Å². The van der Waals surface area contributed by atoms with Crippen molar-refractivity contribution in [3.63, 3.8) is 0 Å². The Morgan fingerprint density at radius 3 is 2.71 bits per heavy atom. The zero-order chi connectivity index (χ0) is 11.9. The van der Waals surface area contributed by atoms with Gasteiger partial charge in [-0.25, -0.2) is 0 Å². The highest BCUT2D eigenvalue weighted by molar-refractivity contribution is 7.79. The normalized spacial score (nSPS) is 18.8. The largest absolute Gasteiger partial charge is 0.317 e. The zero-order valence-electron chi connectivity index (χ0n) is 10.1. The lowest BCUT2D eigenvalue weighted by molar-refractivity contribution is 0.307. The van der Waals surface area contributed by atoms with Crippen molar-refractivity contribution in [1.29, 1.82) is 0 Å². The summed E-state index contributed by atoms with van der Waals surface area (Å²) in [6.45, 7) is 2.30. The highest BCUT2D eigenvalue weighted by atomic mass is 32.1. The Hall–Kier alpha value is -0.800. The molecular formula is C14H20N2S. The molecule has 0 radical (unpaired) electrons. The summed E-state index contributed by atoms with van der Waals surface area (Å²) >= 11 is 5.21. The fraction of sp³-hybridized carbons (Fsp3) is 0.571. The lowest BCUT2D eigenvalue weighted by Crippen LogP contribution is -2.32. The number of hydrogen-bond acceptors (Lipinski definition) is 3. The lowest BCUT2D eigenvalue weighted by atomic mass is 9.83. The smallest absolute Gasteiger partial charge is 0.0270 e.